The molecule has 0 saturated heterocycles. The summed E-state index contributed by atoms with van der Waals surface area (Å²) in [5, 5.41) is 6.59. The fraction of sp³-hybridized carbons (Fsp3) is 0.286. The standard InChI is InChI=1S/C21H25N3O6/c1-13(14-6-8-16(27-2)18(10-14)29-4)23-24-20(25)12-22-21(26)15-7-9-17(28-3)19(11-15)30-5/h6-11H,12H2,1-5H3,(H,22,26)(H,24,25). The van der Waals surface area contributed by atoms with E-state index < -0.39 is 11.8 Å². The van der Waals surface area contributed by atoms with Gasteiger partial charge in [0.05, 0.1) is 40.7 Å². The van der Waals surface area contributed by atoms with Crippen LogP contribution in [-0.4, -0.2) is 52.5 Å². The number of nitrogens with zero attached hydrogens (tertiary/aromatic N) is 1. The average molecular weight is 415 g/mol. The highest BCUT2D eigenvalue weighted by molar-refractivity contribution is 6.00. The van der Waals surface area contributed by atoms with Crippen LogP contribution < -0.4 is 29.7 Å². The van der Waals surface area contributed by atoms with E-state index in [0.29, 0.717) is 34.3 Å². The van der Waals surface area contributed by atoms with Gasteiger partial charge in [-0.15, -0.1) is 0 Å². The molecule has 0 fully saturated rings. The zero-order valence-corrected chi connectivity index (χ0v) is 17.6. The molecule has 0 unspecified atom stereocenters. The Labute approximate surface area is 175 Å². The lowest BCUT2D eigenvalue weighted by Crippen LogP contribution is -2.35. The van der Waals surface area contributed by atoms with Crippen molar-refractivity contribution in [3.8, 4) is 23.0 Å². The number of rotatable bonds is 9. The number of hydrazone groups is 1. The summed E-state index contributed by atoms with van der Waals surface area (Å²) in [6, 6.07) is 10.0. The molecule has 0 atom stereocenters. The van der Waals surface area contributed by atoms with Gasteiger partial charge in [-0.05, 0) is 43.3 Å². The smallest absolute Gasteiger partial charge is 0.259 e. The quantitative estimate of drug-likeness (QED) is 0.479. The fourth-order valence-corrected chi connectivity index (χ4v) is 2.55. The van der Waals surface area contributed by atoms with Gasteiger partial charge in [-0.25, -0.2) is 5.43 Å². The van der Waals surface area contributed by atoms with Crippen LogP contribution in [0.4, 0.5) is 0 Å². The van der Waals surface area contributed by atoms with Crippen molar-refractivity contribution in [3.05, 3.63) is 47.5 Å². The molecule has 0 aromatic heterocycles. The average Bonchev–Trinajstić information content (AvgIpc) is 2.79. The molecule has 9 nitrogen and oxygen atoms in total. The zero-order chi connectivity index (χ0) is 22.1. The second kappa shape index (κ2) is 10.7. The van der Waals surface area contributed by atoms with Crippen LogP contribution in [-0.2, 0) is 4.79 Å². The van der Waals surface area contributed by atoms with E-state index in [0.717, 1.165) is 5.56 Å². The van der Waals surface area contributed by atoms with E-state index >= 15 is 0 Å². The first kappa shape index (κ1) is 22.5. The maximum Gasteiger partial charge on any atom is 0.259 e. The van der Waals surface area contributed by atoms with Gasteiger partial charge in [0.15, 0.2) is 23.0 Å². The van der Waals surface area contributed by atoms with Crippen LogP contribution in [0.1, 0.15) is 22.8 Å². The van der Waals surface area contributed by atoms with E-state index in [9.17, 15) is 9.59 Å². The van der Waals surface area contributed by atoms with Crippen LogP contribution in [0.5, 0.6) is 23.0 Å². The number of nitrogens with one attached hydrogen (secondary N) is 2. The molecule has 2 rings (SSSR count). The summed E-state index contributed by atoms with van der Waals surface area (Å²) in [6.07, 6.45) is 0. The van der Waals surface area contributed by atoms with Gasteiger partial charge in [-0.2, -0.15) is 5.10 Å². The molecule has 0 aliphatic rings. The second-order valence-corrected chi connectivity index (χ2v) is 6.05. The predicted octanol–water partition coefficient (Wildman–Crippen LogP) is 1.99. The van der Waals surface area contributed by atoms with Gasteiger partial charge in [-0.3, -0.25) is 9.59 Å². The third-order valence-corrected chi connectivity index (χ3v) is 4.20. The van der Waals surface area contributed by atoms with Crippen molar-refractivity contribution in [1.82, 2.24) is 10.7 Å². The lowest BCUT2D eigenvalue weighted by molar-refractivity contribution is -0.120. The van der Waals surface area contributed by atoms with Crippen LogP contribution in [0, 0.1) is 0 Å². The van der Waals surface area contributed by atoms with Crippen LogP contribution in [0.15, 0.2) is 41.5 Å². The second-order valence-electron chi connectivity index (χ2n) is 6.05. The van der Waals surface area contributed by atoms with E-state index in [1.165, 1.54) is 27.4 Å². The molecule has 2 N–H and O–H groups in total. The van der Waals surface area contributed by atoms with Gasteiger partial charge in [0.2, 0.25) is 0 Å². The first-order chi connectivity index (χ1) is 14.4. The maximum absolute atomic E-state index is 12.3. The van der Waals surface area contributed by atoms with E-state index in [4.69, 9.17) is 18.9 Å². The van der Waals surface area contributed by atoms with Crippen molar-refractivity contribution >= 4 is 17.5 Å². The number of methoxy groups -OCH3 is 4. The Morgan fingerprint density at radius 1 is 0.800 bits per heavy atom. The number of carbonyl (C=O) groups is 2. The SMILES string of the molecule is COc1ccc(C(=O)NCC(=O)NN=C(C)c2ccc(OC)c(OC)c2)cc1OC. The number of ether oxygens (including phenoxy) is 4. The maximum atomic E-state index is 12.3. The molecule has 0 spiro atoms. The molecule has 0 heterocycles. The molecule has 2 aromatic rings. The molecular weight excluding hydrogens is 390 g/mol. The van der Waals surface area contributed by atoms with Crippen molar-refractivity contribution in [1.29, 1.82) is 0 Å². The van der Waals surface area contributed by atoms with Gasteiger partial charge in [0.25, 0.3) is 11.8 Å². The Morgan fingerprint density at radius 2 is 1.30 bits per heavy atom. The van der Waals surface area contributed by atoms with Gasteiger partial charge in [0.1, 0.15) is 0 Å². The summed E-state index contributed by atoms with van der Waals surface area (Å²) >= 11 is 0. The highest BCUT2D eigenvalue weighted by atomic mass is 16.5. The third kappa shape index (κ3) is 5.63. The Morgan fingerprint density at radius 3 is 1.83 bits per heavy atom. The van der Waals surface area contributed by atoms with Crippen molar-refractivity contribution in [2.24, 2.45) is 5.10 Å². The van der Waals surface area contributed by atoms with Crippen molar-refractivity contribution in [2.45, 2.75) is 6.92 Å². The number of hydrogen-bond acceptors (Lipinski definition) is 7. The van der Waals surface area contributed by atoms with Crippen molar-refractivity contribution < 1.29 is 28.5 Å². The lowest BCUT2D eigenvalue weighted by Gasteiger charge is -2.10. The minimum atomic E-state index is -0.469. The highest BCUT2D eigenvalue weighted by Crippen LogP contribution is 2.28. The summed E-state index contributed by atoms with van der Waals surface area (Å²) in [5.74, 6) is 1.18. The topological polar surface area (TPSA) is 107 Å². The van der Waals surface area contributed by atoms with E-state index in [2.05, 4.69) is 15.8 Å². The molecule has 2 aromatic carbocycles. The van der Waals surface area contributed by atoms with Gasteiger partial charge < -0.3 is 24.3 Å². The van der Waals surface area contributed by atoms with Crippen molar-refractivity contribution in [3.63, 3.8) is 0 Å². The minimum absolute atomic E-state index is 0.240. The van der Waals surface area contributed by atoms with Gasteiger partial charge in [0, 0.05) is 11.1 Å². The van der Waals surface area contributed by atoms with E-state index in [1.54, 1.807) is 44.4 Å². The fourth-order valence-electron chi connectivity index (χ4n) is 2.55. The van der Waals surface area contributed by atoms with Crippen LogP contribution in [0.25, 0.3) is 0 Å². The monoisotopic (exact) mass is 415 g/mol. The Hall–Kier alpha value is -3.75. The molecule has 2 amide bonds. The largest absolute Gasteiger partial charge is 0.493 e. The van der Waals surface area contributed by atoms with E-state index in [-0.39, 0.29) is 6.54 Å². The lowest BCUT2D eigenvalue weighted by atomic mass is 10.1. The number of amides is 2. The Balaban J connectivity index is 1.95. The molecule has 0 aliphatic carbocycles. The molecule has 0 bridgehead atoms. The molecule has 0 radical (unpaired) electrons. The van der Waals surface area contributed by atoms with E-state index in [1.807, 2.05) is 0 Å². The normalized spacial score (nSPS) is 10.8. The highest BCUT2D eigenvalue weighted by Gasteiger charge is 2.12. The molecule has 0 saturated carbocycles. The van der Waals surface area contributed by atoms with Crippen molar-refractivity contribution in [2.75, 3.05) is 35.0 Å². The molecule has 160 valence electrons. The van der Waals surface area contributed by atoms with Crippen LogP contribution in [0.3, 0.4) is 0 Å². The predicted molar refractivity (Wildman–Crippen MR) is 112 cm³/mol. The summed E-state index contributed by atoms with van der Waals surface area (Å²) in [4.78, 5) is 24.3. The zero-order valence-electron chi connectivity index (χ0n) is 17.6. The number of benzene rings is 2. The van der Waals surface area contributed by atoms with Gasteiger partial charge in [-0.1, -0.05) is 0 Å². The molecule has 0 aliphatic heterocycles. The minimum Gasteiger partial charge on any atom is -0.493 e. The summed E-state index contributed by atoms with van der Waals surface area (Å²) < 4.78 is 20.8. The Bertz CT molecular complexity index is 942. The third-order valence-electron chi connectivity index (χ3n) is 4.20. The van der Waals surface area contributed by atoms with Gasteiger partial charge >= 0.3 is 0 Å². The summed E-state index contributed by atoms with van der Waals surface area (Å²) in [7, 11) is 6.07. The molecule has 9 heteroatoms. The van der Waals surface area contributed by atoms with Crippen LogP contribution >= 0.6 is 0 Å². The Kier molecular flexibility index (Phi) is 8.04. The molecule has 30 heavy (non-hydrogen) atoms. The number of carbonyl (C=O) groups excluding carboxylic acids is 2. The summed E-state index contributed by atoms with van der Waals surface area (Å²) in [5.41, 5.74) is 4.07. The summed E-state index contributed by atoms with van der Waals surface area (Å²) in [6.45, 7) is 1.50. The van der Waals surface area contributed by atoms with Crippen LogP contribution in [0.2, 0.25) is 0 Å². The number of hydrogen-bond donors (Lipinski definition) is 2. The molecular formula is C21H25N3O6. The first-order valence-electron chi connectivity index (χ1n) is 8.99. The first-order valence-corrected chi connectivity index (χ1v) is 8.99.